The molecule has 0 saturated heterocycles. The SMILES string of the molecule is CCC(c1ccccc1)C(O)Cc1nccn1C. The second kappa shape index (κ2) is 5.83. The summed E-state index contributed by atoms with van der Waals surface area (Å²) in [6.45, 7) is 2.11. The van der Waals surface area contributed by atoms with Crippen molar-refractivity contribution in [1.29, 1.82) is 0 Å². The van der Waals surface area contributed by atoms with E-state index in [4.69, 9.17) is 0 Å². The molecule has 0 aliphatic carbocycles. The lowest BCUT2D eigenvalue weighted by atomic mass is 9.89. The monoisotopic (exact) mass is 244 g/mol. The van der Waals surface area contributed by atoms with Gasteiger partial charge in [0.15, 0.2) is 0 Å². The molecule has 0 radical (unpaired) electrons. The minimum Gasteiger partial charge on any atom is -0.392 e. The number of aliphatic hydroxyl groups excluding tert-OH is 1. The predicted octanol–water partition coefficient (Wildman–Crippen LogP) is 2.52. The maximum atomic E-state index is 10.4. The summed E-state index contributed by atoms with van der Waals surface area (Å²) in [5.74, 6) is 1.10. The van der Waals surface area contributed by atoms with E-state index in [2.05, 4.69) is 24.0 Å². The molecule has 2 rings (SSSR count). The van der Waals surface area contributed by atoms with Crippen LogP contribution in [-0.2, 0) is 13.5 Å². The molecule has 0 bridgehead atoms. The standard InChI is InChI=1S/C15H20N2O/c1-3-13(12-7-5-4-6-8-12)14(18)11-15-16-9-10-17(15)2/h4-10,13-14,18H,3,11H2,1-2H3. The van der Waals surface area contributed by atoms with Crippen LogP contribution >= 0.6 is 0 Å². The molecule has 2 unspecified atom stereocenters. The summed E-state index contributed by atoms with van der Waals surface area (Å²) in [5.41, 5.74) is 1.20. The van der Waals surface area contributed by atoms with Crippen LogP contribution in [0.3, 0.4) is 0 Å². The molecule has 3 heteroatoms. The summed E-state index contributed by atoms with van der Waals surface area (Å²) >= 11 is 0. The summed E-state index contributed by atoms with van der Waals surface area (Å²) in [5, 5.41) is 10.4. The number of aromatic nitrogens is 2. The van der Waals surface area contributed by atoms with E-state index in [1.54, 1.807) is 6.20 Å². The molecule has 1 aromatic carbocycles. The van der Waals surface area contributed by atoms with Crippen LogP contribution in [0.25, 0.3) is 0 Å². The average molecular weight is 244 g/mol. The Hall–Kier alpha value is -1.61. The molecule has 0 spiro atoms. The topological polar surface area (TPSA) is 38.1 Å². The Morgan fingerprint density at radius 2 is 2.00 bits per heavy atom. The van der Waals surface area contributed by atoms with Crippen molar-refractivity contribution in [2.45, 2.75) is 31.8 Å². The van der Waals surface area contributed by atoms with Gasteiger partial charge in [0, 0.05) is 31.8 Å². The zero-order chi connectivity index (χ0) is 13.0. The van der Waals surface area contributed by atoms with Crippen molar-refractivity contribution in [3.05, 3.63) is 54.1 Å². The zero-order valence-corrected chi connectivity index (χ0v) is 11.0. The van der Waals surface area contributed by atoms with Crippen LogP contribution in [0.2, 0.25) is 0 Å². The summed E-state index contributed by atoms with van der Waals surface area (Å²) in [4.78, 5) is 4.27. The first-order chi connectivity index (χ1) is 8.72. The Balaban J connectivity index is 2.11. The van der Waals surface area contributed by atoms with E-state index in [-0.39, 0.29) is 5.92 Å². The lowest BCUT2D eigenvalue weighted by molar-refractivity contribution is 0.138. The molecule has 1 aromatic heterocycles. The van der Waals surface area contributed by atoms with Gasteiger partial charge in [0.05, 0.1) is 6.10 Å². The number of hydrogen-bond acceptors (Lipinski definition) is 2. The smallest absolute Gasteiger partial charge is 0.110 e. The number of aryl methyl sites for hydroxylation is 1. The van der Waals surface area contributed by atoms with E-state index in [0.29, 0.717) is 6.42 Å². The van der Waals surface area contributed by atoms with Crippen LogP contribution in [0.15, 0.2) is 42.7 Å². The first kappa shape index (κ1) is 12.8. The van der Waals surface area contributed by atoms with Crippen LogP contribution in [0.4, 0.5) is 0 Å². The highest BCUT2D eigenvalue weighted by Gasteiger charge is 2.20. The van der Waals surface area contributed by atoms with Gasteiger partial charge >= 0.3 is 0 Å². The normalized spacial score (nSPS) is 14.4. The van der Waals surface area contributed by atoms with Gasteiger partial charge < -0.3 is 9.67 Å². The van der Waals surface area contributed by atoms with Crippen molar-refractivity contribution in [2.75, 3.05) is 0 Å². The minimum absolute atomic E-state index is 0.169. The van der Waals surface area contributed by atoms with Gasteiger partial charge in [-0.2, -0.15) is 0 Å². The van der Waals surface area contributed by atoms with E-state index in [1.165, 1.54) is 5.56 Å². The highest BCUT2D eigenvalue weighted by Crippen LogP contribution is 2.25. The van der Waals surface area contributed by atoms with E-state index < -0.39 is 6.10 Å². The van der Waals surface area contributed by atoms with Crippen molar-refractivity contribution in [1.82, 2.24) is 9.55 Å². The first-order valence-electron chi connectivity index (χ1n) is 6.41. The number of rotatable bonds is 5. The highest BCUT2D eigenvalue weighted by atomic mass is 16.3. The van der Waals surface area contributed by atoms with Crippen molar-refractivity contribution in [3.63, 3.8) is 0 Å². The number of aliphatic hydroxyl groups is 1. The Kier molecular flexibility index (Phi) is 4.15. The van der Waals surface area contributed by atoms with Gasteiger partial charge in [-0.05, 0) is 12.0 Å². The number of nitrogens with zero attached hydrogens (tertiary/aromatic N) is 2. The molecular formula is C15H20N2O. The molecule has 0 aliphatic rings. The Labute approximate surface area is 108 Å². The van der Waals surface area contributed by atoms with Gasteiger partial charge in [0.1, 0.15) is 5.82 Å². The fourth-order valence-electron chi connectivity index (χ4n) is 2.35. The van der Waals surface area contributed by atoms with Gasteiger partial charge in [0.2, 0.25) is 0 Å². The van der Waals surface area contributed by atoms with Crippen molar-refractivity contribution < 1.29 is 5.11 Å². The van der Waals surface area contributed by atoms with Crippen LogP contribution < -0.4 is 0 Å². The molecule has 0 aliphatic heterocycles. The molecule has 18 heavy (non-hydrogen) atoms. The van der Waals surface area contributed by atoms with E-state index in [0.717, 1.165) is 12.2 Å². The number of imidazole rings is 1. The second-order valence-electron chi connectivity index (χ2n) is 4.65. The summed E-state index contributed by atoms with van der Waals surface area (Å²) in [7, 11) is 1.96. The predicted molar refractivity (Wildman–Crippen MR) is 72.4 cm³/mol. The third-order valence-corrected chi connectivity index (χ3v) is 3.44. The van der Waals surface area contributed by atoms with E-state index in [1.807, 2.05) is 36.0 Å². The van der Waals surface area contributed by atoms with Crippen LogP contribution in [-0.4, -0.2) is 20.8 Å². The Morgan fingerprint density at radius 1 is 1.28 bits per heavy atom. The largest absolute Gasteiger partial charge is 0.392 e. The van der Waals surface area contributed by atoms with Gasteiger partial charge in [-0.25, -0.2) is 4.98 Å². The molecule has 0 fully saturated rings. The average Bonchev–Trinajstić information content (AvgIpc) is 2.77. The quantitative estimate of drug-likeness (QED) is 0.877. The zero-order valence-electron chi connectivity index (χ0n) is 11.0. The van der Waals surface area contributed by atoms with E-state index in [9.17, 15) is 5.11 Å². The maximum absolute atomic E-state index is 10.4. The van der Waals surface area contributed by atoms with E-state index >= 15 is 0 Å². The maximum Gasteiger partial charge on any atom is 0.110 e. The number of benzene rings is 1. The van der Waals surface area contributed by atoms with Gasteiger partial charge in [-0.3, -0.25) is 0 Å². The molecule has 1 heterocycles. The Bertz CT molecular complexity index is 478. The highest BCUT2D eigenvalue weighted by molar-refractivity contribution is 5.21. The summed E-state index contributed by atoms with van der Waals surface area (Å²) in [6, 6.07) is 10.2. The third kappa shape index (κ3) is 2.79. The van der Waals surface area contributed by atoms with Crippen LogP contribution in [0.1, 0.15) is 30.7 Å². The second-order valence-corrected chi connectivity index (χ2v) is 4.65. The van der Waals surface area contributed by atoms with Crippen molar-refractivity contribution in [2.24, 2.45) is 7.05 Å². The Morgan fingerprint density at radius 3 is 2.56 bits per heavy atom. The van der Waals surface area contributed by atoms with Crippen molar-refractivity contribution >= 4 is 0 Å². The molecule has 1 N–H and O–H groups in total. The van der Waals surface area contributed by atoms with Crippen LogP contribution in [0, 0.1) is 0 Å². The number of hydrogen-bond donors (Lipinski definition) is 1. The van der Waals surface area contributed by atoms with Crippen molar-refractivity contribution in [3.8, 4) is 0 Å². The fourth-order valence-corrected chi connectivity index (χ4v) is 2.35. The molecule has 3 nitrogen and oxygen atoms in total. The lowest BCUT2D eigenvalue weighted by Gasteiger charge is -2.21. The minimum atomic E-state index is -0.390. The molecule has 0 amide bonds. The first-order valence-corrected chi connectivity index (χ1v) is 6.41. The molecular weight excluding hydrogens is 224 g/mol. The van der Waals surface area contributed by atoms with Gasteiger partial charge in [0.25, 0.3) is 0 Å². The fraction of sp³-hybridized carbons (Fsp3) is 0.400. The summed E-state index contributed by atoms with van der Waals surface area (Å²) in [6.07, 6.45) is 4.81. The lowest BCUT2D eigenvalue weighted by Crippen LogP contribution is -2.22. The molecule has 2 aromatic rings. The van der Waals surface area contributed by atoms with Gasteiger partial charge in [-0.1, -0.05) is 37.3 Å². The molecule has 96 valence electrons. The van der Waals surface area contributed by atoms with Gasteiger partial charge in [-0.15, -0.1) is 0 Å². The van der Waals surface area contributed by atoms with Crippen LogP contribution in [0.5, 0.6) is 0 Å². The third-order valence-electron chi connectivity index (χ3n) is 3.44. The molecule has 2 atom stereocenters. The summed E-state index contributed by atoms with van der Waals surface area (Å²) < 4.78 is 1.96. The molecule has 0 saturated carbocycles.